The summed E-state index contributed by atoms with van der Waals surface area (Å²) in [5.41, 5.74) is 1.27. The van der Waals surface area contributed by atoms with Crippen LogP contribution in [0.4, 0.5) is 0 Å². The normalized spacial score (nSPS) is 22.0. The van der Waals surface area contributed by atoms with E-state index >= 15 is 0 Å². The van der Waals surface area contributed by atoms with Crippen LogP contribution in [-0.4, -0.2) is 47.7 Å². The van der Waals surface area contributed by atoms with E-state index in [1.807, 2.05) is 11.9 Å². The van der Waals surface area contributed by atoms with Crippen molar-refractivity contribution in [2.45, 2.75) is 37.1 Å². The Labute approximate surface area is 164 Å². The highest BCUT2D eigenvalue weighted by Crippen LogP contribution is 2.35. The number of carbonyl (C=O) groups excluding carboxylic acids is 1. The van der Waals surface area contributed by atoms with Crippen LogP contribution < -0.4 is 0 Å². The first-order valence-electron chi connectivity index (χ1n) is 9.37. The molecule has 2 aromatic heterocycles. The molecule has 0 aliphatic carbocycles. The summed E-state index contributed by atoms with van der Waals surface area (Å²) in [6.07, 6.45) is 5.46. The molecule has 0 spiro atoms. The second-order valence-electron chi connectivity index (χ2n) is 7.45. The van der Waals surface area contributed by atoms with Gasteiger partial charge in [-0.25, -0.2) is 8.42 Å². The summed E-state index contributed by atoms with van der Waals surface area (Å²) in [5.74, 6) is 0.0889. The van der Waals surface area contributed by atoms with Gasteiger partial charge < -0.3 is 9.47 Å². The molecule has 2 aromatic rings. The quantitative estimate of drug-likeness (QED) is 0.786. The van der Waals surface area contributed by atoms with Gasteiger partial charge in [-0.05, 0) is 49.3 Å². The lowest BCUT2D eigenvalue weighted by Gasteiger charge is -2.38. The van der Waals surface area contributed by atoms with Gasteiger partial charge in [0.2, 0.25) is 15.9 Å². The zero-order valence-corrected chi connectivity index (χ0v) is 17.3. The number of nitrogens with zero attached hydrogens (tertiary/aromatic N) is 3. The van der Waals surface area contributed by atoms with E-state index < -0.39 is 10.0 Å². The number of rotatable bonds is 3. The fourth-order valence-corrected chi connectivity index (χ4v) is 6.65. The Hall–Kier alpha value is -1.64. The molecule has 1 fully saturated rings. The van der Waals surface area contributed by atoms with Crippen molar-refractivity contribution in [3.8, 4) is 0 Å². The first kappa shape index (κ1) is 18.7. The average Bonchev–Trinajstić information content (AvgIpc) is 3.31. The number of fused-ring (bicyclic) bond motifs is 1. The van der Waals surface area contributed by atoms with Crippen molar-refractivity contribution in [2.24, 2.45) is 13.0 Å². The van der Waals surface area contributed by atoms with Crippen molar-refractivity contribution in [3.63, 3.8) is 0 Å². The minimum absolute atomic E-state index is 0.0881. The molecule has 146 valence electrons. The van der Waals surface area contributed by atoms with Crippen molar-refractivity contribution in [1.29, 1.82) is 0 Å². The minimum Gasteiger partial charge on any atom is -0.356 e. The lowest BCUT2D eigenvalue weighted by atomic mass is 9.93. The van der Waals surface area contributed by atoms with Crippen LogP contribution in [0.5, 0.6) is 0 Å². The molecule has 0 bridgehead atoms. The summed E-state index contributed by atoms with van der Waals surface area (Å²) in [7, 11) is -1.66. The third kappa shape index (κ3) is 3.34. The largest absolute Gasteiger partial charge is 0.356 e. The zero-order chi connectivity index (χ0) is 19.2. The fraction of sp³-hybridized carbons (Fsp3) is 0.526. The number of thiophene rings is 1. The van der Waals surface area contributed by atoms with E-state index in [4.69, 9.17) is 0 Å². The molecule has 0 saturated carbocycles. The molecule has 0 N–H and O–H groups in total. The maximum Gasteiger partial charge on any atom is 0.244 e. The third-order valence-corrected chi connectivity index (χ3v) is 8.68. The van der Waals surface area contributed by atoms with Crippen LogP contribution >= 0.6 is 11.3 Å². The number of hydrogen-bond acceptors (Lipinski definition) is 4. The molecular weight excluding hydrogens is 382 g/mol. The molecule has 2 aliphatic heterocycles. The maximum absolute atomic E-state index is 13.1. The van der Waals surface area contributed by atoms with Crippen molar-refractivity contribution in [1.82, 2.24) is 13.8 Å². The number of hydrogen-bond donors (Lipinski definition) is 0. The molecule has 8 heteroatoms. The first-order valence-corrected chi connectivity index (χ1v) is 11.7. The summed E-state index contributed by atoms with van der Waals surface area (Å²) in [6.45, 7) is 3.66. The van der Waals surface area contributed by atoms with E-state index in [1.54, 1.807) is 34.4 Å². The lowest BCUT2D eigenvalue weighted by Crippen LogP contribution is -2.46. The van der Waals surface area contributed by atoms with E-state index in [1.165, 1.54) is 14.7 Å². The van der Waals surface area contributed by atoms with E-state index in [9.17, 15) is 13.2 Å². The van der Waals surface area contributed by atoms with Crippen molar-refractivity contribution in [2.75, 3.05) is 19.6 Å². The Morgan fingerprint density at radius 2 is 1.93 bits per heavy atom. The van der Waals surface area contributed by atoms with Crippen LogP contribution in [-0.2, 0) is 28.3 Å². The van der Waals surface area contributed by atoms with Gasteiger partial charge in [0.1, 0.15) is 0 Å². The molecule has 0 radical (unpaired) electrons. The number of piperidine rings is 1. The molecule has 1 amide bonds. The maximum atomic E-state index is 13.1. The summed E-state index contributed by atoms with van der Waals surface area (Å²) >= 11 is 1.77. The van der Waals surface area contributed by atoms with Gasteiger partial charge in [0.05, 0.1) is 10.9 Å². The summed E-state index contributed by atoms with van der Waals surface area (Å²) < 4.78 is 28.8. The van der Waals surface area contributed by atoms with Crippen molar-refractivity contribution >= 4 is 27.3 Å². The Morgan fingerprint density at radius 3 is 2.59 bits per heavy atom. The standard InChI is InChI=1S/C19H25N3O3S2/c1-14-17-7-12-26-18(17)6-11-22(14)19(23)15-3-9-21(10-4-15)27(24,25)16-5-8-20(2)13-16/h5,7-8,12-15H,3-4,6,9-11H2,1-2H3/t14-/m1/s1. The molecule has 1 saturated heterocycles. The van der Waals surface area contributed by atoms with Gasteiger partial charge >= 0.3 is 0 Å². The van der Waals surface area contributed by atoms with Gasteiger partial charge in [-0.1, -0.05) is 0 Å². The molecule has 27 heavy (non-hydrogen) atoms. The molecule has 0 aromatic carbocycles. The number of aromatic nitrogens is 1. The van der Waals surface area contributed by atoms with E-state index in [0.717, 1.165) is 13.0 Å². The molecule has 6 nitrogen and oxygen atoms in total. The predicted octanol–water partition coefficient (Wildman–Crippen LogP) is 2.63. The van der Waals surface area contributed by atoms with Gasteiger partial charge in [-0.3, -0.25) is 4.79 Å². The Kier molecular flexibility index (Phi) is 4.90. The summed E-state index contributed by atoms with van der Waals surface area (Å²) in [4.78, 5) is 16.8. The van der Waals surface area contributed by atoms with Crippen LogP contribution in [0.25, 0.3) is 0 Å². The topological polar surface area (TPSA) is 62.6 Å². The second kappa shape index (κ2) is 7.07. The highest BCUT2D eigenvalue weighted by molar-refractivity contribution is 7.89. The molecule has 2 aliphatic rings. The van der Waals surface area contributed by atoms with E-state index in [0.29, 0.717) is 30.8 Å². The van der Waals surface area contributed by atoms with E-state index in [-0.39, 0.29) is 17.9 Å². The Bertz CT molecular complexity index is 939. The summed E-state index contributed by atoms with van der Waals surface area (Å²) in [5, 5.41) is 2.10. The van der Waals surface area contributed by atoms with Crippen LogP contribution in [0.15, 0.2) is 34.8 Å². The number of carbonyl (C=O) groups is 1. The van der Waals surface area contributed by atoms with E-state index in [2.05, 4.69) is 18.4 Å². The minimum atomic E-state index is -3.47. The Morgan fingerprint density at radius 1 is 1.19 bits per heavy atom. The number of sulfonamides is 1. The third-order valence-electron chi connectivity index (χ3n) is 5.81. The number of aryl methyl sites for hydroxylation is 1. The van der Waals surface area contributed by atoms with Crippen LogP contribution in [0.3, 0.4) is 0 Å². The number of amides is 1. The molecule has 0 unspecified atom stereocenters. The highest BCUT2D eigenvalue weighted by Gasteiger charge is 2.36. The average molecular weight is 408 g/mol. The Balaban J connectivity index is 1.41. The van der Waals surface area contributed by atoms with Gasteiger partial charge in [-0.2, -0.15) is 4.31 Å². The van der Waals surface area contributed by atoms with Gasteiger partial charge in [0, 0.05) is 49.9 Å². The second-order valence-corrected chi connectivity index (χ2v) is 10.4. The molecule has 4 heterocycles. The fourth-order valence-electron chi connectivity index (χ4n) is 4.17. The lowest BCUT2D eigenvalue weighted by molar-refractivity contribution is -0.139. The van der Waals surface area contributed by atoms with Crippen molar-refractivity contribution in [3.05, 3.63) is 40.3 Å². The first-order chi connectivity index (χ1) is 12.9. The van der Waals surface area contributed by atoms with Crippen molar-refractivity contribution < 1.29 is 13.2 Å². The predicted molar refractivity (Wildman–Crippen MR) is 105 cm³/mol. The van der Waals surface area contributed by atoms with Crippen LogP contribution in [0.1, 0.15) is 36.2 Å². The molecular formula is C19H25N3O3S2. The van der Waals surface area contributed by atoms with Gasteiger partial charge in [-0.15, -0.1) is 11.3 Å². The zero-order valence-electron chi connectivity index (χ0n) is 15.7. The summed E-state index contributed by atoms with van der Waals surface area (Å²) in [6, 6.07) is 3.86. The van der Waals surface area contributed by atoms with Crippen LogP contribution in [0.2, 0.25) is 0 Å². The van der Waals surface area contributed by atoms with Gasteiger partial charge in [0.25, 0.3) is 0 Å². The molecule has 4 rings (SSSR count). The monoisotopic (exact) mass is 407 g/mol. The van der Waals surface area contributed by atoms with Gasteiger partial charge in [0.15, 0.2) is 0 Å². The SMILES string of the molecule is C[C@@H]1c2ccsc2CCN1C(=O)C1CCN(S(=O)(=O)c2ccn(C)c2)CC1. The molecule has 1 atom stereocenters. The van der Waals surface area contributed by atoms with Crippen LogP contribution in [0, 0.1) is 5.92 Å². The smallest absolute Gasteiger partial charge is 0.244 e. The highest BCUT2D eigenvalue weighted by atomic mass is 32.2.